The fourth-order valence-electron chi connectivity index (χ4n) is 4.49. The van der Waals surface area contributed by atoms with Gasteiger partial charge in [-0.15, -0.1) is 0 Å². The third-order valence-electron chi connectivity index (χ3n) is 6.05. The van der Waals surface area contributed by atoms with Gasteiger partial charge in [0.2, 0.25) is 0 Å². The van der Waals surface area contributed by atoms with Gasteiger partial charge in [0.1, 0.15) is 43.4 Å². The summed E-state index contributed by atoms with van der Waals surface area (Å²) < 4.78 is 19.8. The summed E-state index contributed by atoms with van der Waals surface area (Å²) in [5, 5.41) is 25.0. The molecular formula is C19H24N4O8. The molecule has 12 heteroatoms. The lowest BCUT2D eigenvalue weighted by molar-refractivity contribution is -0.0264. The summed E-state index contributed by atoms with van der Waals surface area (Å²) in [6.45, 7) is 0.521. The Morgan fingerprint density at radius 1 is 1.32 bits per heavy atom. The number of ether oxygens (including phenoxy) is 2. The number of oxime groups is 1. The number of fused-ring (bicyclic) bond motifs is 4. The highest BCUT2D eigenvalue weighted by molar-refractivity contribution is 5.94. The van der Waals surface area contributed by atoms with E-state index in [-0.39, 0.29) is 31.8 Å². The van der Waals surface area contributed by atoms with Crippen LogP contribution in [-0.2, 0) is 34.5 Å². The van der Waals surface area contributed by atoms with Crippen molar-refractivity contribution in [3.63, 3.8) is 0 Å². The number of hydrogen-bond donors (Lipinski definition) is 2. The van der Waals surface area contributed by atoms with E-state index in [9.17, 15) is 19.8 Å². The van der Waals surface area contributed by atoms with Crippen LogP contribution >= 0.6 is 0 Å². The zero-order valence-corrected chi connectivity index (χ0v) is 16.9. The maximum absolute atomic E-state index is 12.6. The molecule has 31 heavy (non-hydrogen) atoms. The molecule has 12 nitrogen and oxygen atoms in total. The monoisotopic (exact) mass is 436 g/mol. The lowest BCUT2D eigenvalue weighted by Crippen LogP contribution is -2.53. The van der Waals surface area contributed by atoms with Crippen molar-refractivity contribution >= 4 is 5.71 Å². The molecule has 5 rings (SSSR count). The molecule has 0 bridgehead atoms. The Labute approximate surface area is 175 Å². The van der Waals surface area contributed by atoms with Crippen molar-refractivity contribution in [2.45, 2.75) is 50.0 Å². The van der Waals surface area contributed by atoms with Gasteiger partial charge in [-0.2, -0.15) is 0 Å². The lowest BCUT2D eigenvalue weighted by atomic mass is 9.78. The third-order valence-corrected chi connectivity index (χ3v) is 6.05. The van der Waals surface area contributed by atoms with Crippen LogP contribution in [-0.4, -0.2) is 67.5 Å². The highest BCUT2D eigenvalue weighted by atomic mass is 16.6. The number of rotatable bonds is 7. The average Bonchev–Trinajstić information content (AvgIpc) is 3.34. The first-order valence-electron chi connectivity index (χ1n) is 10.2. The molecule has 0 spiro atoms. The minimum absolute atomic E-state index is 0.0462. The number of epoxide rings is 1. The summed E-state index contributed by atoms with van der Waals surface area (Å²) >= 11 is 0. The van der Waals surface area contributed by atoms with E-state index >= 15 is 0 Å². The fraction of sp³-hybridized carbons (Fsp3) is 0.632. The van der Waals surface area contributed by atoms with Gasteiger partial charge in [0.25, 0.3) is 0 Å². The Morgan fingerprint density at radius 2 is 2.16 bits per heavy atom. The van der Waals surface area contributed by atoms with Crippen LogP contribution < -0.4 is 11.4 Å². The molecule has 0 amide bonds. The molecule has 2 aliphatic heterocycles. The molecule has 1 saturated heterocycles. The van der Waals surface area contributed by atoms with E-state index in [0.717, 1.165) is 4.57 Å². The first-order chi connectivity index (χ1) is 15.0. The number of furan rings is 1. The van der Waals surface area contributed by atoms with Gasteiger partial charge >= 0.3 is 11.4 Å². The molecule has 2 fully saturated rings. The molecule has 2 aromatic rings. The van der Waals surface area contributed by atoms with Crippen molar-refractivity contribution in [1.29, 1.82) is 0 Å². The molecule has 2 N–H and O–H groups in total. The van der Waals surface area contributed by atoms with Crippen LogP contribution in [0.3, 0.4) is 0 Å². The molecular weight excluding hydrogens is 412 g/mol. The summed E-state index contributed by atoms with van der Waals surface area (Å²) in [6, 6.07) is 2.86. The number of aliphatic hydroxyl groups is 2. The lowest BCUT2D eigenvalue weighted by Gasteiger charge is -2.38. The minimum Gasteiger partial charge on any atom is -0.467 e. The van der Waals surface area contributed by atoms with E-state index in [4.69, 9.17) is 18.7 Å². The van der Waals surface area contributed by atoms with Gasteiger partial charge in [-0.25, -0.2) is 23.5 Å². The number of aliphatic hydroxyl groups excluding tert-OH is 2. The second-order valence-corrected chi connectivity index (χ2v) is 8.05. The predicted molar refractivity (Wildman–Crippen MR) is 104 cm³/mol. The van der Waals surface area contributed by atoms with Crippen LogP contribution in [0.5, 0.6) is 0 Å². The molecule has 1 saturated carbocycles. The zero-order chi connectivity index (χ0) is 21.7. The normalized spacial score (nSPS) is 31.1. The summed E-state index contributed by atoms with van der Waals surface area (Å²) in [5.74, 6) is 0.342. The smallest absolute Gasteiger partial charge is 0.347 e. The first kappa shape index (κ1) is 20.2. The summed E-state index contributed by atoms with van der Waals surface area (Å²) in [5.41, 5.74) is -0.317. The largest absolute Gasteiger partial charge is 0.467 e. The number of hydrogen-bond acceptors (Lipinski definition) is 9. The van der Waals surface area contributed by atoms with Gasteiger partial charge in [-0.3, -0.25) is 0 Å². The van der Waals surface area contributed by atoms with Gasteiger partial charge < -0.3 is 28.9 Å². The second kappa shape index (κ2) is 7.79. The fourth-order valence-corrected chi connectivity index (χ4v) is 4.49. The van der Waals surface area contributed by atoms with Gasteiger partial charge in [0.05, 0.1) is 24.6 Å². The zero-order valence-electron chi connectivity index (χ0n) is 16.9. The Morgan fingerprint density at radius 3 is 2.94 bits per heavy atom. The van der Waals surface area contributed by atoms with E-state index in [1.165, 1.54) is 16.4 Å². The maximum Gasteiger partial charge on any atom is 0.347 e. The van der Waals surface area contributed by atoms with Crippen molar-refractivity contribution in [2.24, 2.45) is 18.1 Å². The van der Waals surface area contributed by atoms with E-state index in [2.05, 4.69) is 5.16 Å². The standard InChI is InChI=1S/C19H24N4O8/c1-21-18(26)22-5-4-12-13(16-17(31-16)15(25)14(12)23(22)19(21)27)20-30-8-10(24)7-28-9-11-3-2-6-29-11/h2-3,6,10,12,14-17,24-25H,4-5,7-9H2,1H3/b20-13+/t10-,12-,14+,15-,16+,17+/m0/s1. The Hall–Kier alpha value is -2.67. The van der Waals surface area contributed by atoms with E-state index in [0.29, 0.717) is 24.4 Å². The van der Waals surface area contributed by atoms with Gasteiger partial charge in [-0.05, 0) is 18.6 Å². The van der Waals surface area contributed by atoms with Crippen LogP contribution in [0, 0.1) is 5.92 Å². The van der Waals surface area contributed by atoms with Crippen LogP contribution in [0.2, 0.25) is 0 Å². The quantitative estimate of drug-likeness (QED) is 0.398. The average molecular weight is 436 g/mol. The molecule has 2 aromatic heterocycles. The topological polar surface area (TPSA) is 146 Å². The molecule has 0 unspecified atom stereocenters. The number of aromatic nitrogens is 3. The summed E-state index contributed by atoms with van der Waals surface area (Å²) in [4.78, 5) is 30.2. The van der Waals surface area contributed by atoms with Crippen LogP contribution in [0.4, 0.5) is 0 Å². The molecule has 3 aliphatic rings. The Bertz CT molecular complexity index is 1080. The molecule has 4 heterocycles. The van der Waals surface area contributed by atoms with Crippen LogP contribution in [0.25, 0.3) is 0 Å². The minimum atomic E-state index is -0.930. The van der Waals surface area contributed by atoms with Gasteiger partial charge in [0, 0.05) is 19.5 Å². The van der Waals surface area contributed by atoms with Crippen LogP contribution in [0.1, 0.15) is 18.2 Å². The molecule has 168 valence electrons. The molecule has 1 aliphatic carbocycles. The predicted octanol–water partition coefficient (Wildman–Crippen LogP) is -1.41. The maximum atomic E-state index is 12.6. The summed E-state index contributed by atoms with van der Waals surface area (Å²) in [6.07, 6.45) is -0.659. The molecule has 0 aromatic carbocycles. The summed E-state index contributed by atoms with van der Waals surface area (Å²) in [7, 11) is 1.41. The van der Waals surface area contributed by atoms with Crippen molar-refractivity contribution in [3.05, 3.63) is 45.1 Å². The van der Waals surface area contributed by atoms with Crippen molar-refractivity contribution in [3.8, 4) is 0 Å². The van der Waals surface area contributed by atoms with Crippen molar-refractivity contribution in [2.75, 3.05) is 13.2 Å². The second-order valence-electron chi connectivity index (χ2n) is 8.05. The van der Waals surface area contributed by atoms with E-state index < -0.39 is 35.7 Å². The van der Waals surface area contributed by atoms with Crippen LogP contribution in [0.15, 0.2) is 37.6 Å². The van der Waals surface area contributed by atoms with E-state index in [1.54, 1.807) is 18.4 Å². The number of nitrogens with zero attached hydrogens (tertiary/aromatic N) is 4. The first-order valence-corrected chi connectivity index (χ1v) is 10.2. The van der Waals surface area contributed by atoms with Crippen molar-refractivity contribution < 1.29 is 28.9 Å². The third kappa shape index (κ3) is 3.45. The SMILES string of the molecule is Cn1c(=O)n2n(c1=O)[C@H]1[C@H](O)[C@H]3O[C@@H]3/C(=N/OC[C@@H](O)COCc3ccco3)[C@@H]1CC2. The molecule has 0 radical (unpaired) electrons. The van der Waals surface area contributed by atoms with Gasteiger partial charge in [0.15, 0.2) is 0 Å². The van der Waals surface area contributed by atoms with Gasteiger partial charge in [-0.1, -0.05) is 5.16 Å². The Balaban J connectivity index is 1.26. The molecule has 6 atom stereocenters. The highest BCUT2D eigenvalue weighted by Gasteiger charge is 2.61. The van der Waals surface area contributed by atoms with E-state index in [1.807, 2.05) is 0 Å². The highest BCUT2D eigenvalue weighted by Crippen LogP contribution is 2.46. The van der Waals surface area contributed by atoms with Crippen molar-refractivity contribution in [1.82, 2.24) is 13.9 Å². The Kier molecular flexibility index (Phi) is 5.08.